The predicted molar refractivity (Wildman–Crippen MR) is 124 cm³/mol. The Morgan fingerprint density at radius 3 is 2.94 bits per heavy atom. The molecule has 1 aromatic carbocycles. The van der Waals surface area contributed by atoms with E-state index in [1.807, 2.05) is 12.1 Å². The maximum Gasteiger partial charge on any atom is 0.328 e. The van der Waals surface area contributed by atoms with Crippen LogP contribution in [-0.2, 0) is 20.9 Å². The van der Waals surface area contributed by atoms with Gasteiger partial charge < -0.3 is 9.84 Å². The van der Waals surface area contributed by atoms with Gasteiger partial charge in [0.2, 0.25) is 5.91 Å². The standard InChI is InChI=1S/C20H21Cl2N3O4S2/c1-13(26)25(31-20-23-15(12-30-20)3-5-19(27)28)11-16-10-24(6-7-29-16)9-14-2-4-17(21)18(22)8-14/h2-5,8,12,16H,6-7,9-11H2,1H3,(H,27,28)/t16-/m0/s1. The second kappa shape index (κ2) is 11.3. The third-order valence-electron chi connectivity index (χ3n) is 4.42. The summed E-state index contributed by atoms with van der Waals surface area (Å²) in [6.45, 7) is 4.67. The quantitative estimate of drug-likeness (QED) is 0.426. The van der Waals surface area contributed by atoms with Crippen LogP contribution in [0.15, 0.2) is 34.0 Å². The van der Waals surface area contributed by atoms with Gasteiger partial charge in [0.15, 0.2) is 4.34 Å². The lowest BCUT2D eigenvalue weighted by Gasteiger charge is -2.35. The number of ether oxygens (including phenoxy) is 1. The zero-order chi connectivity index (χ0) is 22.4. The van der Waals surface area contributed by atoms with Crippen LogP contribution in [0.25, 0.3) is 6.08 Å². The van der Waals surface area contributed by atoms with Crippen LogP contribution in [0.1, 0.15) is 18.2 Å². The number of rotatable bonds is 8. The number of carboxylic acid groups (broad SMARTS) is 1. The number of carboxylic acids is 1. The molecule has 1 saturated heterocycles. The van der Waals surface area contributed by atoms with Crippen LogP contribution < -0.4 is 0 Å². The van der Waals surface area contributed by atoms with E-state index in [1.165, 1.54) is 36.3 Å². The summed E-state index contributed by atoms with van der Waals surface area (Å²) in [6.07, 6.45) is 2.32. The molecule has 0 saturated carbocycles. The molecule has 1 aliphatic rings. The lowest BCUT2D eigenvalue weighted by Crippen LogP contribution is -2.46. The molecule has 1 aliphatic heterocycles. The number of halogens is 2. The molecular formula is C20H21Cl2N3O4S2. The fourth-order valence-corrected chi connectivity index (χ4v) is 5.11. The summed E-state index contributed by atoms with van der Waals surface area (Å²) in [7, 11) is 0. The van der Waals surface area contributed by atoms with Gasteiger partial charge in [-0.3, -0.25) is 14.0 Å². The highest BCUT2D eigenvalue weighted by Crippen LogP contribution is 2.28. The van der Waals surface area contributed by atoms with Gasteiger partial charge in [-0.05, 0) is 23.8 Å². The van der Waals surface area contributed by atoms with Gasteiger partial charge in [-0.2, -0.15) is 0 Å². The smallest absolute Gasteiger partial charge is 0.328 e. The monoisotopic (exact) mass is 501 g/mol. The van der Waals surface area contributed by atoms with Crippen LogP contribution >= 0.6 is 46.5 Å². The molecule has 11 heteroatoms. The van der Waals surface area contributed by atoms with Gasteiger partial charge >= 0.3 is 5.97 Å². The van der Waals surface area contributed by atoms with Crippen LogP contribution in [0.2, 0.25) is 10.0 Å². The van der Waals surface area contributed by atoms with Crippen LogP contribution in [0, 0.1) is 0 Å². The topological polar surface area (TPSA) is 83.0 Å². The fourth-order valence-electron chi connectivity index (χ4n) is 2.98. The lowest BCUT2D eigenvalue weighted by atomic mass is 10.2. The molecular weight excluding hydrogens is 481 g/mol. The predicted octanol–water partition coefficient (Wildman–Crippen LogP) is 4.30. The van der Waals surface area contributed by atoms with Gasteiger partial charge in [0.1, 0.15) is 0 Å². The first-order valence-electron chi connectivity index (χ1n) is 9.40. The average molecular weight is 502 g/mol. The maximum absolute atomic E-state index is 12.2. The SMILES string of the molecule is CC(=O)N(C[C@@H]1CN(Cc2ccc(Cl)c(Cl)c2)CCO1)Sc1nc(C=CC(=O)O)cs1. The Bertz CT molecular complexity index is 970. The van der Waals surface area contributed by atoms with E-state index in [0.29, 0.717) is 39.8 Å². The van der Waals surface area contributed by atoms with Crippen molar-refractivity contribution in [2.75, 3.05) is 26.2 Å². The number of thiazole rings is 1. The minimum Gasteiger partial charge on any atom is -0.478 e. The molecule has 1 aromatic heterocycles. The average Bonchev–Trinajstić information content (AvgIpc) is 3.16. The summed E-state index contributed by atoms with van der Waals surface area (Å²) in [5, 5.41) is 11.5. The molecule has 0 aliphatic carbocycles. The molecule has 1 atom stereocenters. The van der Waals surface area contributed by atoms with Crippen LogP contribution in [0.4, 0.5) is 0 Å². The first-order chi connectivity index (χ1) is 14.8. The van der Waals surface area contributed by atoms with Gasteiger partial charge in [-0.1, -0.05) is 29.3 Å². The van der Waals surface area contributed by atoms with Crippen molar-refractivity contribution in [3.05, 3.63) is 51.0 Å². The molecule has 31 heavy (non-hydrogen) atoms. The van der Waals surface area contributed by atoms with Crippen molar-refractivity contribution in [2.24, 2.45) is 0 Å². The van der Waals surface area contributed by atoms with Crippen LogP contribution in [0.3, 0.4) is 0 Å². The Hall–Kier alpha value is -1.62. The molecule has 1 N–H and O–H groups in total. The Balaban J connectivity index is 1.58. The van der Waals surface area contributed by atoms with Gasteiger partial charge in [0.05, 0.1) is 35.0 Å². The van der Waals surface area contributed by atoms with Crippen molar-refractivity contribution in [2.45, 2.75) is 23.9 Å². The van der Waals surface area contributed by atoms with E-state index >= 15 is 0 Å². The van der Waals surface area contributed by atoms with Crippen molar-refractivity contribution < 1.29 is 19.4 Å². The molecule has 166 valence electrons. The number of hydrogen-bond donors (Lipinski definition) is 1. The van der Waals surface area contributed by atoms with Crippen molar-refractivity contribution in [3.8, 4) is 0 Å². The van der Waals surface area contributed by atoms with Gasteiger partial charge in [-0.15, -0.1) is 11.3 Å². The largest absolute Gasteiger partial charge is 0.478 e. The van der Waals surface area contributed by atoms with E-state index in [2.05, 4.69) is 9.88 Å². The fraction of sp³-hybridized carbons (Fsp3) is 0.350. The lowest BCUT2D eigenvalue weighted by molar-refractivity contribution is -0.131. The minimum absolute atomic E-state index is 0.104. The number of aliphatic carboxylic acids is 1. The molecule has 3 rings (SSSR count). The second-order valence-corrected chi connectivity index (χ2v) is 9.80. The summed E-state index contributed by atoms with van der Waals surface area (Å²) in [5.74, 6) is -1.14. The summed E-state index contributed by atoms with van der Waals surface area (Å²) >= 11 is 14.7. The second-order valence-electron chi connectivity index (χ2n) is 6.86. The van der Waals surface area contributed by atoms with Crippen LogP contribution in [-0.4, -0.2) is 63.5 Å². The molecule has 0 unspecified atom stereocenters. The highest BCUT2D eigenvalue weighted by Gasteiger charge is 2.25. The summed E-state index contributed by atoms with van der Waals surface area (Å²) in [4.78, 5) is 29.4. The molecule has 0 radical (unpaired) electrons. The molecule has 2 aromatic rings. The van der Waals surface area contributed by atoms with Crippen LogP contribution in [0.5, 0.6) is 0 Å². The number of amides is 1. The van der Waals surface area contributed by atoms with E-state index < -0.39 is 5.97 Å². The molecule has 0 bridgehead atoms. The molecule has 1 amide bonds. The summed E-state index contributed by atoms with van der Waals surface area (Å²) < 4.78 is 8.17. The third kappa shape index (κ3) is 7.48. The first-order valence-corrected chi connectivity index (χ1v) is 11.8. The number of aromatic nitrogens is 1. The third-order valence-corrected chi connectivity index (χ3v) is 7.20. The maximum atomic E-state index is 12.2. The van der Waals surface area contributed by atoms with Crippen molar-refractivity contribution in [3.63, 3.8) is 0 Å². The molecule has 0 spiro atoms. The number of benzene rings is 1. The van der Waals surface area contributed by atoms with Gasteiger partial charge in [0, 0.05) is 50.0 Å². The highest BCUT2D eigenvalue weighted by molar-refractivity contribution is 7.99. The van der Waals surface area contributed by atoms with E-state index in [4.69, 9.17) is 33.0 Å². The zero-order valence-corrected chi connectivity index (χ0v) is 19.8. The van der Waals surface area contributed by atoms with E-state index in [-0.39, 0.29) is 12.0 Å². The Labute approximate surface area is 198 Å². The Morgan fingerprint density at radius 2 is 2.23 bits per heavy atom. The Morgan fingerprint density at radius 1 is 1.42 bits per heavy atom. The first kappa shape index (κ1) is 24.0. The number of carbonyl (C=O) groups excluding carboxylic acids is 1. The van der Waals surface area contributed by atoms with E-state index in [9.17, 15) is 9.59 Å². The number of carbonyl (C=O) groups is 2. The molecule has 7 nitrogen and oxygen atoms in total. The van der Waals surface area contributed by atoms with Gasteiger partial charge in [-0.25, -0.2) is 9.78 Å². The summed E-state index contributed by atoms with van der Waals surface area (Å²) in [6, 6.07) is 5.61. The van der Waals surface area contributed by atoms with Gasteiger partial charge in [0.25, 0.3) is 0 Å². The summed E-state index contributed by atoms with van der Waals surface area (Å²) in [5.41, 5.74) is 1.61. The van der Waals surface area contributed by atoms with Crippen molar-refractivity contribution in [1.82, 2.24) is 14.2 Å². The van der Waals surface area contributed by atoms with Crippen molar-refractivity contribution in [1.29, 1.82) is 0 Å². The highest BCUT2D eigenvalue weighted by atomic mass is 35.5. The number of morpholine rings is 1. The molecule has 1 fully saturated rings. The number of nitrogens with zero attached hydrogens (tertiary/aromatic N) is 3. The Kier molecular flexibility index (Phi) is 8.76. The normalized spacial score (nSPS) is 17.2. The van der Waals surface area contributed by atoms with E-state index in [1.54, 1.807) is 15.8 Å². The van der Waals surface area contributed by atoms with Crippen molar-refractivity contribution >= 4 is 64.4 Å². The number of hydrogen-bond acceptors (Lipinski definition) is 7. The minimum atomic E-state index is -1.03. The zero-order valence-electron chi connectivity index (χ0n) is 16.7. The molecule has 2 heterocycles. The van der Waals surface area contributed by atoms with E-state index in [0.717, 1.165) is 24.7 Å².